The molecule has 208 valence electrons. The van der Waals surface area contributed by atoms with E-state index < -0.39 is 6.10 Å². The zero-order chi connectivity index (χ0) is 27.9. The van der Waals surface area contributed by atoms with Crippen LogP contribution in [-0.2, 0) is 13.0 Å². The van der Waals surface area contributed by atoms with Crippen molar-refractivity contribution in [2.75, 3.05) is 4.90 Å². The lowest BCUT2D eigenvalue weighted by molar-refractivity contribution is 0.176. The van der Waals surface area contributed by atoms with Gasteiger partial charge in [-0.05, 0) is 72.2 Å². The minimum Gasteiger partial charge on any atom is -0.388 e. The van der Waals surface area contributed by atoms with Crippen molar-refractivity contribution in [2.24, 2.45) is 0 Å². The average Bonchev–Trinajstić information content (AvgIpc) is 3.50. The largest absolute Gasteiger partial charge is 0.388 e. The standard InChI is InChI=1S/C31H35BrN6O2/c1-21(23-11-15-27(32)16-12-23)33-31(40)38(28-17-13-25(14-18-28)24-5-3-2-4-6-24)20-22-7-9-26(10-8-22)29(39)19-30-34-36-37-35-30/h7-18,21,24,29,39H,2-6,19-20H2,1H3,(H,33,40)(H,34,35,36,37)/t21-,29+/m1/s1. The van der Waals surface area contributed by atoms with Crippen molar-refractivity contribution in [1.29, 1.82) is 0 Å². The molecule has 0 spiro atoms. The van der Waals surface area contributed by atoms with Gasteiger partial charge in [0, 0.05) is 16.6 Å². The second-order valence-corrected chi connectivity index (χ2v) is 11.4. The van der Waals surface area contributed by atoms with Crippen LogP contribution in [0.3, 0.4) is 0 Å². The third kappa shape index (κ3) is 7.14. The van der Waals surface area contributed by atoms with E-state index in [1.807, 2.05) is 55.5 Å². The van der Waals surface area contributed by atoms with Crippen LogP contribution >= 0.6 is 15.9 Å². The number of tetrazole rings is 1. The fraction of sp³-hybridized carbons (Fsp3) is 0.355. The highest BCUT2D eigenvalue weighted by molar-refractivity contribution is 9.10. The summed E-state index contributed by atoms with van der Waals surface area (Å²) in [5, 5.41) is 27.5. The number of hydrogen-bond acceptors (Lipinski definition) is 5. The van der Waals surface area contributed by atoms with Gasteiger partial charge in [-0.1, -0.05) is 88.9 Å². The molecule has 2 atom stereocenters. The summed E-state index contributed by atoms with van der Waals surface area (Å²) in [5.41, 5.74) is 4.95. The number of hydrogen-bond donors (Lipinski definition) is 3. The van der Waals surface area contributed by atoms with Gasteiger partial charge in [0.2, 0.25) is 0 Å². The molecular weight excluding hydrogens is 568 g/mol. The summed E-state index contributed by atoms with van der Waals surface area (Å²) < 4.78 is 1.00. The molecule has 1 fully saturated rings. The van der Waals surface area contributed by atoms with Gasteiger partial charge in [-0.2, -0.15) is 5.21 Å². The summed E-state index contributed by atoms with van der Waals surface area (Å²) >= 11 is 3.48. The van der Waals surface area contributed by atoms with Crippen molar-refractivity contribution in [2.45, 2.75) is 70.1 Å². The molecule has 0 aliphatic heterocycles. The van der Waals surface area contributed by atoms with Crippen molar-refractivity contribution in [3.8, 4) is 0 Å². The molecule has 1 aromatic heterocycles. The van der Waals surface area contributed by atoms with E-state index in [0.717, 1.165) is 26.9 Å². The van der Waals surface area contributed by atoms with Crippen LogP contribution < -0.4 is 10.2 Å². The SMILES string of the molecule is C[C@@H](NC(=O)N(Cc1ccc([C@@H](O)Cc2nn[nH]n2)cc1)c1ccc(C2CCCCC2)cc1)c1ccc(Br)cc1. The van der Waals surface area contributed by atoms with Gasteiger partial charge in [0.1, 0.15) is 0 Å². The zero-order valence-electron chi connectivity index (χ0n) is 22.6. The van der Waals surface area contributed by atoms with Gasteiger partial charge in [0.05, 0.1) is 18.7 Å². The molecule has 8 nitrogen and oxygen atoms in total. The molecule has 0 radical (unpaired) electrons. The predicted octanol–water partition coefficient (Wildman–Crippen LogP) is 6.76. The first kappa shape index (κ1) is 28.0. The molecule has 0 bridgehead atoms. The first-order valence-corrected chi connectivity index (χ1v) is 14.7. The molecule has 1 saturated carbocycles. The molecule has 5 rings (SSSR count). The van der Waals surface area contributed by atoms with Gasteiger partial charge < -0.3 is 10.4 Å². The molecule has 0 unspecified atom stereocenters. The Morgan fingerprint density at radius 3 is 2.33 bits per heavy atom. The number of nitrogens with zero attached hydrogens (tertiary/aromatic N) is 4. The van der Waals surface area contributed by atoms with E-state index in [0.29, 0.717) is 18.3 Å². The number of aliphatic hydroxyl groups excluding tert-OH is 1. The van der Waals surface area contributed by atoms with Gasteiger partial charge in [-0.15, -0.1) is 10.2 Å². The van der Waals surface area contributed by atoms with Crippen LogP contribution in [0.25, 0.3) is 0 Å². The Kier molecular flexibility index (Phi) is 9.23. The number of amides is 2. The maximum absolute atomic E-state index is 13.7. The Balaban J connectivity index is 1.33. The molecule has 40 heavy (non-hydrogen) atoms. The van der Waals surface area contributed by atoms with E-state index in [4.69, 9.17) is 0 Å². The Bertz CT molecular complexity index is 1350. The third-order valence-corrected chi connectivity index (χ3v) is 8.24. The molecule has 3 aromatic carbocycles. The molecule has 1 aliphatic carbocycles. The number of halogens is 1. The smallest absolute Gasteiger partial charge is 0.322 e. The molecule has 1 aliphatic rings. The van der Waals surface area contributed by atoms with Crippen LogP contribution in [-0.4, -0.2) is 31.8 Å². The van der Waals surface area contributed by atoms with E-state index in [1.165, 1.54) is 37.7 Å². The van der Waals surface area contributed by atoms with Crippen LogP contribution in [0, 0.1) is 0 Å². The summed E-state index contributed by atoms with van der Waals surface area (Å²) in [6.07, 6.45) is 5.89. The minimum atomic E-state index is -0.745. The van der Waals surface area contributed by atoms with Crippen molar-refractivity contribution in [3.05, 3.63) is 105 Å². The second-order valence-electron chi connectivity index (χ2n) is 10.5. The van der Waals surface area contributed by atoms with Gasteiger partial charge in [0.15, 0.2) is 5.82 Å². The minimum absolute atomic E-state index is 0.160. The lowest BCUT2D eigenvalue weighted by Gasteiger charge is -2.27. The topological polar surface area (TPSA) is 107 Å². The van der Waals surface area contributed by atoms with Gasteiger partial charge in [-0.25, -0.2) is 4.79 Å². The number of carbonyl (C=O) groups excluding carboxylic acids is 1. The highest BCUT2D eigenvalue weighted by Gasteiger charge is 2.21. The average molecular weight is 604 g/mol. The number of anilines is 1. The predicted molar refractivity (Wildman–Crippen MR) is 159 cm³/mol. The van der Waals surface area contributed by atoms with Gasteiger partial charge >= 0.3 is 6.03 Å². The Hall–Kier alpha value is -3.56. The number of nitrogens with one attached hydrogen (secondary N) is 2. The van der Waals surface area contributed by atoms with Crippen molar-refractivity contribution < 1.29 is 9.90 Å². The van der Waals surface area contributed by atoms with Crippen LogP contribution in [0.4, 0.5) is 10.5 Å². The summed E-state index contributed by atoms with van der Waals surface area (Å²) in [6, 6.07) is 23.8. The number of rotatable bonds is 9. The lowest BCUT2D eigenvalue weighted by Crippen LogP contribution is -2.40. The summed E-state index contributed by atoms with van der Waals surface area (Å²) in [5.74, 6) is 1.06. The number of carbonyl (C=O) groups is 1. The Morgan fingerprint density at radius 1 is 1.00 bits per heavy atom. The third-order valence-electron chi connectivity index (χ3n) is 7.71. The molecule has 1 heterocycles. The van der Waals surface area contributed by atoms with E-state index >= 15 is 0 Å². The summed E-state index contributed by atoms with van der Waals surface area (Å²) in [4.78, 5) is 15.5. The highest BCUT2D eigenvalue weighted by Crippen LogP contribution is 2.33. The number of benzene rings is 3. The number of aliphatic hydroxyl groups is 1. The highest BCUT2D eigenvalue weighted by atomic mass is 79.9. The monoisotopic (exact) mass is 602 g/mol. The first-order chi connectivity index (χ1) is 19.5. The first-order valence-electron chi connectivity index (χ1n) is 13.9. The quantitative estimate of drug-likeness (QED) is 0.196. The number of urea groups is 1. The normalized spacial score (nSPS) is 15.4. The van der Waals surface area contributed by atoms with E-state index in [-0.39, 0.29) is 18.5 Å². The summed E-state index contributed by atoms with van der Waals surface area (Å²) in [6.45, 7) is 2.38. The zero-order valence-corrected chi connectivity index (χ0v) is 24.2. The van der Waals surface area contributed by atoms with Crippen molar-refractivity contribution in [3.63, 3.8) is 0 Å². The molecule has 9 heteroatoms. The fourth-order valence-electron chi connectivity index (χ4n) is 5.33. The number of aromatic nitrogens is 4. The fourth-order valence-corrected chi connectivity index (χ4v) is 5.59. The van der Waals surface area contributed by atoms with E-state index in [9.17, 15) is 9.90 Å². The number of aromatic amines is 1. The lowest BCUT2D eigenvalue weighted by atomic mass is 9.84. The molecular formula is C31H35BrN6O2. The van der Waals surface area contributed by atoms with Gasteiger partial charge in [-0.3, -0.25) is 4.90 Å². The van der Waals surface area contributed by atoms with Gasteiger partial charge in [0.25, 0.3) is 0 Å². The van der Waals surface area contributed by atoms with Crippen molar-refractivity contribution >= 4 is 27.6 Å². The molecule has 0 saturated heterocycles. The van der Waals surface area contributed by atoms with Crippen LogP contribution in [0.1, 0.15) is 85.2 Å². The van der Waals surface area contributed by atoms with E-state index in [2.05, 4.69) is 66.1 Å². The van der Waals surface area contributed by atoms with Crippen molar-refractivity contribution in [1.82, 2.24) is 25.9 Å². The van der Waals surface area contributed by atoms with Crippen LogP contribution in [0.15, 0.2) is 77.3 Å². The second kappa shape index (κ2) is 13.2. The molecule has 3 N–H and O–H groups in total. The Morgan fingerprint density at radius 2 is 1.68 bits per heavy atom. The Labute approximate surface area is 243 Å². The maximum atomic E-state index is 13.7. The molecule has 2 amide bonds. The number of H-pyrrole nitrogens is 1. The summed E-state index contributed by atoms with van der Waals surface area (Å²) in [7, 11) is 0. The van der Waals surface area contributed by atoms with Crippen LogP contribution in [0.2, 0.25) is 0 Å². The molecule has 4 aromatic rings. The van der Waals surface area contributed by atoms with E-state index in [1.54, 1.807) is 4.90 Å². The van der Waals surface area contributed by atoms with Crippen LogP contribution in [0.5, 0.6) is 0 Å². The maximum Gasteiger partial charge on any atom is 0.322 e.